The van der Waals surface area contributed by atoms with Gasteiger partial charge >= 0.3 is 0 Å². The van der Waals surface area contributed by atoms with Gasteiger partial charge in [-0.25, -0.2) is 4.39 Å². The van der Waals surface area contributed by atoms with Crippen LogP contribution >= 0.6 is 11.6 Å². The van der Waals surface area contributed by atoms with Crippen molar-refractivity contribution in [3.8, 4) is 0 Å². The Labute approximate surface area is 131 Å². The SMILES string of the molecule is CNC(c1cc(F)ccc1Cl)C1(N2CCCC2)CCCC1. The maximum atomic E-state index is 13.7. The molecular formula is C17H24ClFN2. The van der Waals surface area contributed by atoms with Gasteiger partial charge in [0.2, 0.25) is 0 Å². The third-order valence-electron chi connectivity index (χ3n) is 5.30. The molecule has 0 aromatic heterocycles. The van der Waals surface area contributed by atoms with Crippen LogP contribution in [0, 0.1) is 5.82 Å². The molecule has 2 nitrogen and oxygen atoms in total. The predicted molar refractivity (Wildman–Crippen MR) is 85.2 cm³/mol. The molecule has 116 valence electrons. The van der Waals surface area contributed by atoms with Crippen molar-refractivity contribution in [2.45, 2.75) is 50.1 Å². The number of likely N-dealkylation sites (tertiary alicyclic amines) is 1. The highest BCUT2D eigenvalue weighted by Crippen LogP contribution is 2.47. The molecule has 4 heteroatoms. The maximum absolute atomic E-state index is 13.7. The van der Waals surface area contributed by atoms with Crippen molar-refractivity contribution in [3.05, 3.63) is 34.6 Å². The van der Waals surface area contributed by atoms with Crippen molar-refractivity contribution < 1.29 is 4.39 Å². The number of nitrogens with one attached hydrogen (secondary N) is 1. The fraction of sp³-hybridized carbons (Fsp3) is 0.647. The molecule has 0 amide bonds. The van der Waals surface area contributed by atoms with Crippen molar-refractivity contribution in [2.75, 3.05) is 20.1 Å². The lowest BCUT2D eigenvalue weighted by molar-refractivity contribution is 0.0796. The van der Waals surface area contributed by atoms with Crippen LogP contribution in [0.2, 0.25) is 5.02 Å². The molecule has 0 spiro atoms. The molecule has 1 heterocycles. The minimum atomic E-state index is -0.204. The molecule has 1 saturated carbocycles. The molecule has 0 bridgehead atoms. The zero-order valence-corrected chi connectivity index (χ0v) is 13.4. The lowest BCUT2D eigenvalue weighted by atomic mass is 9.82. The highest BCUT2D eigenvalue weighted by atomic mass is 35.5. The molecule has 1 aliphatic heterocycles. The molecule has 21 heavy (non-hydrogen) atoms. The average molecular weight is 311 g/mol. The first kappa shape index (κ1) is 15.3. The van der Waals surface area contributed by atoms with E-state index in [1.807, 2.05) is 7.05 Å². The largest absolute Gasteiger partial charge is 0.311 e. The van der Waals surface area contributed by atoms with Gasteiger partial charge in [-0.05, 0) is 69.6 Å². The summed E-state index contributed by atoms with van der Waals surface area (Å²) in [6, 6.07) is 4.83. The van der Waals surface area contributed by atoms with Crippen LogP contribution in [0.3, 0.4) is 0 Å². The van der Waals surface area contributed by atoms with Gasteiger partial charge in [-0.2, -0.15) is 0 Å². The Balaban J connectivity index is 2.01. The van der Waals surface area contributed by atoms with Gasteiger partial charge < -0.3 is 5.32 Å². The number of hydrogen-bond acceptors (Lipinski definition) is 2. The number of halogens is 2. The molecule has 1 unspecified atom stereocenters. The predicted octanol–water partition coefficient (Wildman–Crippen LogP) is 4.15. The second-order valence-electron chi connectivity index (χ2n) is 6.39. The third kappa shape index (κ3) is 2.71. The van der Waals surface area contributed by atoms with Gasteiger partial charge in [-0.15, -0.1) is 0 Å². The van der Waals surface area contributed by atoms with Crippen LogP contribution in [0.5, 0.6) is 0 Å². The Kier molecular flexibility index (Phi) is 4.53. The quantitative estimate of drug-likeness (QED) is 0.899. The van der Waals surface area contributed by atoms with Crippen molar-refractivity contribution in [1.29, 1.82) is 0 Å². The number of nitrogens with zero attached hydrogens (tertiary/aromatic N) is 1. The Morgan fingerprint density at radius 2 is 1.86 bits per heavy atom. The van der Waals surface area contributed by atoms with E-state index in [9.17, 15) is 4.39 Å². The smallest absolute Gasteiger partial charge is 0.123 e. The first-order valence-corrected chi connectivity index (χ1v) is 8.42. The maximum Gasteiger partial charge on any atom is 0.123 e. The Bertz CT molecular complexity index is 494. The first-order chi connectivity index (χ1) is 10.2. The molecule has 2 aliphatic rings. The molecule has 1 atom stereocenters. The van der Waals surface area contributed by atoms with Crippen LogP contribution in [0.25, 0.3) is 0 Å². The number of hydrogen-bond donors (Lipinski definition) is 1. The van der Waals surface area contributed by atoms with Crippen LogP contribution in [0.1, 0.15) is 50.1 Å². The lowest BCUT2D eigenvalue weighted by Crippen LogP contribution is -2.53. The van der Waals surface area contributed by atoms with Gasteiger partial charge in [0, 0.05) is 10.6 Å². The van der Waals surface area contributed by atoms with E-state index < -0.39 is 0 Å². The summed E-state index contributed by atoms with van der Waals surface area (Å²) in [5, 5.41) is 4.12. The summed E-state index contributed by atoms with van der Waals surface area (Å²) in [6.45, 7) is 2.32. The van der Waals surface area contributed by atoms with Crippen molar-refractivity contribution in [1.82, 2.24) is 10.2 Å². The van der Waals surface area contributed by atoms with Crippen LogP contribution in [0.4, 0.5) is 4.39 Å². The minimum absolute atomic E-state index is 0.0984. The Hall–Kier alpha value is -0.640. The monoisotopic (exact) mass is 310 g/mol. The van der Waals surface area contributed by atoms with Crippen molar-refractivity contribution >= 4 is 11.6 Å². The Morgan fingerprint density at radius 3 is 2.48 bits per heavy atom. The summed E-state index contributed by atoms with van der Waals surface area (Å²) in [4.78, 5) is 2.63. The third-order valence-corrected chi connectivity index (χ3v) is 5.64. The van der Waals surface area contributed by atoms with Gasteiger partial charge in [0.05, 0.1) is 6.04 Å². The van der Waals surface area contributed by atoms with E-state index in [1.165, 1.54) is 44.6 Å². The molecule has 2 fully saturated rings. The van der Waals surface area contributed by atoms with Crippen molar-refractivity contribution in [2.24, 2.45) is 0 Å². The molecule has 3 rings (SSSR count). The van der Waals surface area contributed by atoms with Crippen LogP contribution in [-0.4, -0.2) is 30.6 Å². The average Bonchev–Trinajstić information content (AvgIpc) is 3.14. The summed E-state index contributed by atoms with van der Waals surface area (Å²) in [5.41, 5.74) is 1.01. The van der Waals surface area contributed by atoms with Crippen LogP contribution in [0.15, 0.2) is 18.2 Å². The minimum Gasteiger partial charge on any atom is -0.311 e. The van der Waals surface area contributed by atoms with Gasteiger partial charge in [0.1, 0.15) is 5.82 Å². The summed E-state index contributed by atoms with van der Waals surface area (Å²) < 4.78 is 13.7. The fourth-order valence-corrected chi connectivity index (χ4v) is 4.61. The summed E-state index contributed by atoms with van der Waals surface area (Å²) in [7, 11) is 1.97. The van der Waals surface area contributed by atoms with E-state index in [0.29, 0.717) is 5.02 Å². The van der Waals surface area contributed by atoms with Gasteiger partial charge in [-0.1, -0.05) is 24.4 Å². The molecular weight excluding hydrogens is 287 g/mol. The molecule has 1 aromatic carbocycles. The zero-order valence-electron chi connectivity index (χ0n) is 12.7. The van der Waals surface area contributed by atoms with E-state index in [1.54, 1.807) is 12.1 Å². The topological polar surface area (TPSA) is 15.3 Å². The molecule has 1 N–H and O–H groups in total. The highest BCUT2D eigenvalue weighted by Gasteiger charge is 2.47. The number of rotatable bonds is 4. The van der Waals surface area contributed by atoms with Crippen molar-refractivity contribution in [3.63, 3.8) is 0 Å². The fourth-order valence-electron chi connectivity index (χ4n) is 4.39. The molecule has 1 aromatic rings. The van der Waals surface area contributed by atoms with Crippen LogP contribution in [-0.2, 0) is 0 Å². The number of likely N-dealkylation sites (N-methyl/N-ethyl adjacent to an activating group) is 1. The molecule has 0 radical (unpaired) electrons. The van der Waals surface area contributed by atoms with E-state index in [0.717, 1.165) is 18.7 Å². The lowest BCUT2D eigenvalue weighted by Gasteiger charge is -2.45. The van der Waals surface area contributed by atoms with E-state index >= 15 is 0 Å². The second kappa shape index (κ2) is 6.23. The molecule has 1 saturated heterocycles. The van der Waals surface area contributed by atoms with Gasteiger partial charge in [-0.3, -0.25) is 4.90 Å². The van der Waals surface area contributed by atoms with Gasteiger partial charge in [0.25, 0.3) is 0 Å². The van der Waals surface area contributed by atoms with E-state index in [-0.39, 0.29) is 17.4 Å². The second-order valence-corrected chi connectivity index (χ2v) is 6.80. The van der Waals surface area contributed by atoms with Gasteiger partial charge in [0.15, 0.2) is 0 Å². The molecule has 1 aliphatic carbocycles. The van der Waals surface area contributed by atoms with E-state index in [2.05, 4.69) is 10.2 Å². The zero-order chi connectivity index (χ0) is 14.9. The van der Waals surface area contributed by atoms with Crippen LogP contribution < -0.4 is 5.32 Å². The highest BCUT2D eigenvalue weighted by molar-refractivity contribution is 6.31. The Morgan fingerprint density at radius 1 is 1.19 bits per heavy atom. The summed E-state index contributed by atoms with van der Waals surface area (Å²) >= 11 is 6.39. The van der Waals surface area contributed by atoms with E-state index in [4.69, 9.17) is 11.6 Å². The number of benzene rings is 1. The summed E-state index contributed by atoms with van der Waals surface area (Å²) in [6.07, 6.45) is 7.39. The first-order valence-electron chi connectivity index (χ1n) is 8.05. The standard InChI is InChI=1S/C17H24ClFN2/c1-20-16(14-12-13(19)6-7-15(14)18)17(8-2-3-9-17)21-10-4-5-11-21/h6-7,12,16,20H,2-5,8-11H2,1H3. The normalized spacial score (nSPS) is 23.6. The summed E-state index contributed by atoms with van der Waals surface area (Å²) in [5.74, 6) is -0.204.